The Labute approximate surface area is 158 Å². The van der Waals surface area contributed by atoms with E-state index in [-0.39, 0.29) is 0 Å². The lowest BCUT2D eigenvalue weighted by molar-refractivity contribution is 0.217. The third kappa shape index (κ3) is 4.15. The normalized spacial score (nSPS) is 14.2. The number of benzene rings is 2. The molecule has 4 nitrogen and oxygen atoms in total. The second-order valence-corrected chi connectivity index (χ2v) is 6.65. The quantitative estimate of drug-likeness (QED) is 0.656. The average Bonchev–Trinajstić information content (AvgIpc) is 2.84. The van der Waals surface area contributed by atoms with Crippen molar-refractivity contribution in [2.45, 2.75) is 13.1 Å². The van der Waals surface area contributed by atoms with Crippen molar-refractivity contribution in [1.82, 2.24) is 9.88 Å². The van der Waals surface area contributed by atoms with E-state index in [1.54, 1.807) is 6.07 Å². The van der Waals surface area contributed by atoms with Gasteiger partial charge in [-0.05, 0) is 29.8 Å². The molecule has 1 aliphatic heterocycles. The van der Waals surface area contributed by atoms with Crippen molar-refractivity contribution in [2.75, 3.05) is 13.2 Å². The van der Waals surface area contributed by atoms with Crippen molar-refractivity contribution >= 4 is 11.6 Å². The maximum Gasteiger partial charge on any atom is 0.222 e. The Hall–Kier alpha value is -2.56. The van der Waals surface area contributed by atoms with Gasteiger partial charge in [0, 0.05) is 36.3 Å². The van der Waals surface area contributed by atoms with Crippen LogP contribution in [0.4, 0.5) is 0 Å². The molecule has 2 heterocycles. The van der Waals surface area contributed by atoms with Crippen LogP contribution in [-0.4, -0.2) is 23.0 Å². The zero-order chi connectivity index (χ0) is 17.8. The molecule has 26 heavy (non-hydrogen) atoms. The molecule has 0 amide bonds. The highest BCUT2D eigenvalue weighted by Crippen LogP contribution is 2.28. The highest BCUT2D eigenvalue weighted by molar-refractivity contribution is 6.30. The zero-order valence-corrected chi connectivity index (χ0v) is 15.0. The van der Waals surface area contributed by atoms with E-state index in [0.29, 0.717) is 29.1 Å². The molecule has 4 rings (SSSR count). The molecule has 2 aromatic carbocycles. The monoisotopic (exact) mass is 366 g/mol. The minimum absolute atomic E-state index is 0.502. The van der Waals surface area contributed by atoms with Crippen LogP contribution in [0, 0.1) is 0 Å². The summed E-state index contributed by atoms with van der Waals surface area (Å²) >= 11 is 6.00. The summed E-state index contributed by atoms with van der Waals surface area (Å²) in [5.74, 6) is 1.80. The average molecular weight is 367 g/mol. The molecule has 0 fully saturated rings. The first kappa shape index (κ1) is 16.9. The van der Waals surface area contributed by atoms with Crippen LogP contribution in [0.25, 0.3) is 0 Å². The maximum absolute atomic E-state index is 6.00. The largest absolute Gasteiger partial charge is 0.476 e. The summed E-state index contributed by atoms with van der Waals surface area (Å²) in [5.41, 5.74) is 2.36. The van der Waals surface area contributed by atoms with E-state index < -0.39 is 0 Å². The molecule has 0 unspecified atom stereocenters. The van der Waals surface area contributed by atoms with E-state index >= 15 is 0 Å². The van der Waals surface area contributed by atoms with E-state index in [0.717, 1.165) is 25.2 Å². The van der Waals surface area contributed by atoms with E-state index in [9.17, 15) is 0 Å². The Morgan fingerprint density at radius 2 is 1.92 bits per heavy atom. The number of halogens is 1. The van der Waals surface area contributed by atoms with Gasteiger partial charge in [-0.1, -0.05) is 48.0 Å². The van der Waals surface area contributed by atoms with Crippen molar-refractivity contribution in [3.63, 3.8) is 0 Å². The summed E-state index contributed by atoms with van der Waals surface area (Å²) in [4.78, 5) is 6.89. The van der Waals surface area contributed by atoms with Crippen molar-refractivity contribution < 1.29 is 9.47 Å². The van der Waals surface area contributed by atoms with E-state index in [2.05, 4.69) is 34.1 Å². The smallest absolute Gasteiger partial charge is 0.222 e. The molecule has 0 radical (unpaired) electrons. The molecule has 1 aromatic heterocycles. The van der Waals surface area contributed by atoms with Crippen molar-refractivity contribution in [3.05, 3.63) is 82.9 Å². The molecule has 0 saturated heterocycles. The van der Waals surface area contributed by atoms with Gasteiger partial charge in [-0.3, -0.25) is 4.90 Å². The summed E-state index contributed by atoms with van der Waals surface area (Å²) in [5, 5.41) is 0.630. The number of fused-ring (bicyclic) bond motifs is 1. The van der Waals surface area contributed by atoms with Gasteiger partial charge in [0.05, 0.1) is 0 Å². The topological polar surface area (TPSA) is 34.6 Å². The zero-order valence-electron chi connectivity index (χ0n) is 14.3. The summed E-state index contributed by atoms with van der Waals surface area (Å²) in [7, 11) is 0. The highest BCUT2D eigenvalue weighted by Gasteiger charge is 2.17. The number of hydrogen-bond acceptors (Lipinski definition) is 4. The van der Waals surface area contributed by atoms with Crippen molar-refractivity contribution in [2.24, 2.45) is 0 Å². The van der Waals surface area contributed by atoms with E-state index in [1.807, 2.05) is 36.4 Å². The van der Waals surface area contributed by atoms with Crippen LogP contribution in [0.1, 0.15) is 11.1 Å². The molecule has 0 aliphatic carbocycles. The Morgan fingerprint density at radius 1 is 1.04 bits per heavy atom. The lowest BCUT2D eigenvalue weighted by Crippen LogP contribution is -2.25. The third-order valence-corrected chi connectivity index (χ3v) is 4.46. The first-order valence-corrected chi connectivity index (χ1v) is 8.96. The number of hydrogen-bond donors (Lipinski definition) is 0. The summed E-state index contributed by atoms with van der Waals surface area (Å²) in [6.45, 7) is 3.16. The van der Waals surface area contributed by atoms with E-state index in [4.69, 9.17) is 21.1 Å². The predicted octanol–water partition coefficient (Wildman–Crippen LogP) is 4.92. The number of aromatic nitrogens is 1. The lowest BCUT2D eigenvalue weighted by atomic mass is 10.2. The summed E-state index contributed by atoms with van der Waals surface area (Å²) in [6, 6.07) is 21.6. The number of nitrogens with zero attached hydrogens (tertiary/aromatic N) is 2. The third-order valence-electron chi connectivity index (χ3n) is 4.22. The van der Waals surface area contributed by atoms with Gasteiger partial charge in [-0.25, -0.2) is 0 Å². The fourth-order valence-corrected chi connectivity index (χ4v) is 3.15. The summed E-state index contributed by atoms with van der Waals surface area (Å²) < 4.78 is 11.7. The molecule has 0 spiro atoms. The lowest BCUT2D eigenvalue weighted by Gasteiger charge is -2.19. The van der Waals surface area contributed by atoms with Gasteiger partial charge in [0.1, 0.15) is 12.4 Å². The SMILES string of the molecule is Clc1cccc(Oc2ccc3c(n2)OCCN(Cc2ccccc2)C3)c1. The summed E-state index contributed by atoms with van der Waals surface area (Å²) in [6.07, 6.45) is 0. The molecular formula is C21H19ClN2O2. The second kappa shape index (κ2) is 7.77. The predicted molar refractivity (Wildman–Crippen MR) is 102 cm³/mol. The molecule has 0 saturated carbocycles. The van der Waals surface area contributed by atoms with Gasteiger partial charge >= 0.3 is 0 Å². The van der Waals surface area contributed by atoms with Gasteiger partial charge < -0.3 is 9.47 Å². The Kier molecular flexibility index (Phi) is 5.04. The molecule has 3 aromatic rings. The van der Waals surface area contributed by atoms with Crippen LogP contribution in [0.5, 0.6) is 17.5 Å². The van der Waals surface area contributed by atoms with Crippen LogP contribution in [-0.2, 0) is 13.1 Å². The molecular weight excluding hydrogens is 348 g/mol. The molecule has 0 atom stereocenters. The molecule has 132 valence electrons. The fraction of sp³-hybridized carbons (Fsp3) is 0.190. The van der Waals surface area contributed by atoms with Gasteiger partial charge in [-0.2, -0.15) is 4.98 Å². The molecule has 5 heteroatoms. The minimum atomic E-state index is 0.502. The Bertz CT molecular complexity index is 886. The van der Waals surface area contributed by atoms with Gasteiger partial charge in [0.25, 0.3) is 0 Å². The highest BCUT2D eigenvalue weighted by atomic mass is 35.5. The Balaban J connectivity index is 1.49. The molecule has 0 N–H and O–H groups in total. The van der Waals surface area contributed by atoms with E-state index in [1.165, 1.54) is 5.56 Å². The van der Waals surface area contributed by atoms with Crippen LogP contribution >= 0.6 is 11.6 Å². The molecule has 1 aliphatic rings. The first-order valence-electron chi connectivity index (χ1n) is 8.59. The fourth-order valence-electron chi connectivity index (χ4n) is 2.97. The maximum atomic E-state index is 6.00. The van der Waals surface area contributed by atoms with Crippen molar-refractivity contribution in [1.29, 1.82) is 0 Å². The second-order valence-electron chi connectivity index (χ2n) is 6.22. The number of ether oxygens (including phenoxy) is 2. The number of rotatable bonds is 4. The van der Waals surface area contributed by atoms with Crippen LogP contribution < -0.4 is 9.47 Å². The van der Waals surface area contributed by atoms with Crippen LogP contribution in [0.3, 0.4) is 0 Å². The standard InChI is InChI=1S/C21H19ClN2O2/c22-18-7-4-8-19(13-18)26-20-10-9-17-15-24(11-12-25-21(17)23-20)14-16-5-2-1-3-6-16/h1-10,13H,11-12,14-15H2. The Morgan fingerprint density at radius 3 is 2.77 bits per heavy atom. The van der Waals surface area contributed by atoms with Crippen LogP contribution in [0.15, 0.2) is 66.7 Å². The van der Waals surface area contributed by atoms with Crippen molar-refractivity contribution in [3.8, 4) is 17.5 Å². The minimum Gasteiger partial charge on any atom is -0.476 e. The number of pyridine rings is 1. The van der Waals surface area contributed by atoms with Gasteiger partial charge in [0.15, 0.2) is 0 Å². The van der Waals surface area contributed by atoms with Crippen LogP contribution in [0.2, 0.25) is 5.02 Å². The van der Waals surface area contributed by atoms with Gasteiger partial charge in [0.2, 0.25) is 11.8 Å². The van der Waals surface area contributed by atoms with Gasteiger partial charge in [-0.15, -0.1) is 0 Å². The molecule has 0 bridgehead atoms. The first-order chi connectivity index (χ1) is 12.8.